The average molecular weight is 345 g/mol. The molecule has 1 aliphatic heterocycles. The minimum Gasteiger partial charge on any atom is -0.477 e. The zero-order valence-electron chi connectivity index (χ0n) is 14.2. The first kappa shape index (κ1) is 16.1. The van der Waals surface area contributed by atoms with Crippen molar-refractivity contribution >= 4 is 22.6 Å². The van der Waals surface area contributed by atoms with Crippen LogP contribution in [0.2, 0.25) is 0 Å². The van der Waals surface area contributed by atoms with Crippen LogP contribution in [0.5, 0.6) is 0 Å². The molecule has 0 spiro atoms. The maximum atomic E-state index is 14.6. The summed E-state index contributed by atoms with van der Waals surface area (Å²) in [6, 6.07) is 3.46. The Labute approximate surface area is 144 Å². The Hall–Kier alpha value is -2.41. The number of halogens is 1. The fourth-order valence-corrected chi connectivity index (χ4v) is 3.39. The molecule has 4 rings (SSSR count). The highest BCUT2D eigenvalue weighted by Gasteiger charge is 2.32. The highest BCUT2D eigenvalue weighted by molar-refractivity contribution is 5.93. The van der Waals surface area contributed by atoms with Crippen LogP contribution in [0.4, 0.5) is 10.1 Å². The van der Waals surface area contributed by atoms with Gasteiger partial charge in [-0.2, -0.15) is 0 Å². The number of anilines is 1. The standard InChI is InChI=1S/C18H20FN3O3/c1-20(2)11-7-21(8-11)16-6-15-12(5-14(16)19)17(23)13(18(24)25)9-22(15)10-3-4-10/h5-6,9-11H,3-4,7-8H2,1-2H3,(H,24,25). The number of aromatic carboxylic acids is 1. The smallest absolute Gasteiger partial charge is 0.341 e. The van der Waals surface area contributed by atoms with Crippen LogP contribution in [-0.4, -0.2) is 53.8 Å². The molecule has 0 bridgehead atoms. The summed E-state index contributed by atoms with van der Waals surface area (Å²) in [4.78, 5) is 27.9. The van der Waals surface area contributed by atoms with Crippen LogP contribution in [0.15, 0.2) is 23.1 Å². The topological polar surface area (TPSA) is 65.8 Å². The molecule has 2 aromatic rings. The van der Waals surface area contributed by atoms with Crippen molar-refractivity contribution in [1.82, 2.24) is 9.47 Å². The van der Waals surface area contributed by atoms with E-state index in [9.17, 15) is 19.1 Å². The molecular weight excluding hydrogens is 325 g/mol. The lowest BCUT2D eigenvalue weighted by Gasteiger charge is -2.44. The predicted octanol–water partition coefficient (Wildman–Crippen LogP) is 1.92. The molecule has 0 radical (unpaired) electrons. The normalized spacial score (nSPS) is 18.0. The number of hydrogen-bond donors (Lipinski definition) is 1. The lowest BCUT2D eigenvalue weighted by molar-refractivity contribution is 0.0695. The maximum Gasteiger partial charge on any atom is 0.341 e. The van der Waals surface area contributed by atoms with Gasteiger partial charge < -0.3 is 19.5 Å². The molecule has 1 aromatic carbocycles. The van der Waals surface area contributed by atoms with E-state index in [-0.39, 0.29) is 17.0 Å². The fourth-order valence-electron chi connectivity index (χ4n) is 3.39. The molecule has 25 heavy (non-hydrogen) atoms. The summed E-state index contributed by atoms with van der Waals surface area (Å²) in [5, 5.41) is 9.41. The van der Waals surface area contributed by atoms with E-state index < -0.39 is 17.2 Å². The van der Waals surface area contributed by atoms with Crippen molar-refractivity contribution in [2.45, 2.75) is 24.9 Å². The zero-order chi connectivity index (χ0) is 17.9. The molecule has 1 saturated heterocycles. The molecule has 0 atom stereocenters. The first-order valence-electron chi connectivity index (χ1n) is 8.40. The predicted molar refractivity (Wildman–Crippen MR) is 93.1 cm³/mol. The molecule has 1 N–H and O–H groups in total. The number of carbonyl (C=O) groups is 1. The minimum absolute atomic E-state index is 0.137. The van der Waals surface area contributed by atoms with Crippen LogP contribution in [0.3, 0.4) is 0 Å². The Morgan fingerprint density at radius 1 is 1.28 bits per heavy atom. The fraction of sp³-hybridized carbons (Fsp3) is 0.444. The number of hydrogen-bond acceptors (Lipinski definition) is 4. The van der Waals surface area contributed by atoms with E-state index in [0.29, 0.717) is 17.2 Å². The number of nitrogens with zero attached hydrogens (tertiary/aromatic N) is 3. The summed E-state index contributed by atoms with van der Waals surface area (Å²) in [5.41, 5.74) is 0.160. The summed E-state index contributed by atoms with van der Waals surface area (Å²) in [6.45, 7) is 1.46. The van der Waals surface area contributed by atoms with E-state index in [4.69, 9.17) is 0 Å². The monoisotopic (exact) mass is 345 g/mol. The second kappa shape index (κ2) is 5.56. The first-order valence-corrected chi connectivity index (χ1v) is 8.40. The second-order valence-corrected chi connectivity index (χ2v) is 7.16. The Balaban J connectivity index is 1.85. The highest BCUT2D eigenvalue weighted by atomic mass is 19.1. The van der Waals surface area contributed by atoms with Gasteiger partial charge in [0.1, 0.15) is 11.4 Å². The molecule has 132 valence electrons. The van der Waals surface area contributed by atoms with Gasteiger partial charge in [-0.15, -0.1) is 0 Å². The Bertz CT molecular complexity index is 927. The van der Waals surface area contributed by atoms with Crippen LogP contribution in [0.1, 0.15) is 29.2 Å². The zero-order valence-corrected chi connectivity index (χ0v) is 14.2. The van der Waals surface area contributed by atoms with Crippen molar-refractivity contribution in [1.29, 1.82) is 0 Å². The van der Waals surface area contributed by atoms with E-state index in [1.807, 2.05) is 23.6 Å². The van der Waals surface area contributed by atoms with Crippen LogP contribution < -0.4 is 10.3 Å². The van der Waals surface area contributed by atoms with E-state index in [1.165, 1.54) is 12.3 Å². The Morgan fingerprint density at radius 2 is 1.96 bits per heavy atom. The van der Waals surface area contributed by atoms with Crippen molar-refractivity contribution in [3.63, 3.8) is 0 Å². The van der Waals surface area contributed by atoms with Crippen molar-refractivity contribution in [3.8, 4) is 0 Å². The summed E-state index contributed by atoms with van der Waals surface area (Å²) in [6.07, 6.45) is 3.29. The Kier molecular flexibility index (Phi) is 3.57. The van der Waals surface area contributed by atoms with Crippen LogP contribution in [0, 0.1) is 5.82 Å². The SMILES string of the molecule is CN(C)C1CN(c2cc3c(cc2F)c(=O)c(C(=O)O)cn3C2CC2)C1. The summed E-state index contributed by atoms with van der Waals surface area (Å²) >= 11 is 0. The largest absolute Gasteiger partial charge is 0.477 e. The third-order valence-electron chi connectivity index (χ3n) is 5.20. The summed E-state index contributed by atoms with van der Waals surface area (Å²) in [7, 11) is 3.99. The second-order valence-electron chi connectivity index (χ2n) is 7.16. The summed E-state index contributed by atoms with van der Waals surface area (Å²) in [5.74, 6) is -1.76. The third kappa shape index (κ3) is 2.59. The first-order chi connectivity index (χ1) is 11.9. The number of benzene rings is 1. The number of pyridine rings is 1. The average Bonchev–Trinajstić information content (AvgIpc) is 3.31. The lowest BCUT2D eigenvalue weighted by atomic mass is 10.0. The summed E-state index contributed by atoms with van der Waals surface area (Å²) < 4.78 is 16.5. The molecule has 2 aliphatic rings. The lowest BCUT2D eigenvalue weighted by Crippen LogP contribution is -2.57. The molecule has 2 fully saturated rings. The van der Waals surface area contributed by atoms with Crippen molar-refractivity contribution in [2.24, 2.45) is 0 Å². The molecular formula is C18H20FN3O3. The van der Waals surface area contributed by atoms with Gasteiger partial charge in [-0.1, -0.05) is 0 Å². The molecule has 1 aliphatic carbocycles. The van der Waals surface area contributed by atoms with Crippen molar-refractivity contribution < 1.29 is 14.3 Å². The maximum absolute atomic E-state index is 14.6. The number of aromatic nitrogens is 1. The number of fused-ring (bicyclic) bond motifs is 1. The number of carboxylic acids is 1. The minimum atomic E-state index is -1.28. The Morgan fingerprint density at radius 3 is 2.52 bits per heavy atom. The quantitative estimate of drug-likeness (QED) is 0.917. The van der Waals surface area contributed by atoms with E-state index in [1.54, 1.807) is 6.07 Å². The van der Waals surface area contributed by atoms with Crippen LogP contribution in [-0.2, 0) is 0 Å². The van der Waals surface area contributed by atoms with Gasteiger partial charge in [0.05, 0.1) is 11.2 Å². The highest BCUT2D eigenvalue weighted by Crippen LogP contribution is 2.38. The van der Waals surface area contributed by atoms with Gasteiger partial charge in [-0.05, 0) is 39.1 Å². The molecule has 0 amide bonds. The van der Waals surface area contributed by atoms with Gasteiger partial charge in [0, 0.05) is 36.8 Å². The molecule has 2 heterocycles. The number of likely N-dealkylation sites (N-methyl/N-ethyl adjacent to an activating group) is 1. The van der Waals surface area contributed by atoms with E-state index >= 15 is 0 Å². The van der Waals surface area contributed by atoms with Gasteiger partial charge in [0.2, 0.25) is 5.43 Å². The van der Waals surface area contributed by atoms with Crippen LogP contribution in [0.25, 0.3) is 10.9 Å². The van der Waals surface area contributed by atoms with Crippen molar-refractivity contribution in [3.05, 3.63) is 39.9 Å². The van der Waals surface area contributed by atoms with Crippen molar-refractivity contribution in [2.75, 3.05) is 32.1 Å². The molecule has 1 aromatic heterocycles. The van der Waals surface area contributed by atoms with Gasteiger partial charge in [0.15, 0.2) is 0 Å². The van der Waals surface area contributed by atoms with Gasteiger partial charge in [-0.25, -0.2) is 9.18 Å². The van der Waals surface area contributed by atoms with Gasteiger partial charge >= 0.3 is 5.97 Å². The molecule has 7 heteroatoms. The van der Waals surface area contributed by atoms with Crippen LogP contribution >= 0.6 is 0 Å². The van der Waals surface area contributed by atoms with E-state index in [2.05, 4.69) is 4.90 Å². The number of rotatable bonds is 4. The molecule has 1 saturated carbocycles. The van der Waals surface area contributed by atoms with E-state index in [0.717, 1.165) is 25.9 Å². The molecule has 0 unspecified atom stereocenters. The number of carboxylic acid groups (broad SMARTS) is 1. The van der Waals surface area contributed by atoms with Gasteiger partial charge in [-0.3, -0.25) is 4.79 Å². The van der Waals surface area contributed by atoms with Gasteiger partial charge in [0.25, 0.3) is 0 Å². The third-order valence-corrected chi connectivity index (χ3v) is 5.20. The molecule has 6 nitrogen and oxygen atoms in total.